The first-order valence-corrected chi connectivity index (χ1v) is 9.86. The zero-order valence-corrected chi connectivity index (χ0v) is 16.2. The molecule has 0 bridgehead atoms. The predicted molar refractivity (Wildman–Crippen MR) is 104 cm³/mol. The number of nitrogens with zero attached hydrogens (tertiary/aromatic N) is 3. The van der Waals surface area contributed by atoms with Crippen molar-refractivity contribution in [1.82, 2.24) is 19.8 Å². The molecule has 140 valence electrons. The third kappa shape index (κ3) is 4.87. The Morgan fingerprint density at radius 1 is 1.27 bits per heavy atom. The van der Waals surface area contributed by atoms with E-state index in [1.165, 1.54) is 11.8 Å². The Bertz CT molecular complexity index is 711. The monoisotopic (exact) mass is 374 g/mol. The first-order chi connectivity index (χ1) is 12.6. The number of ether oxygens (including phenoxy) is 1. The molecule has 6 nitrogen and oxygen atoms in total. The van der Waals surface area contributed by atoms with E-state index in [1.54, 1.807) is 6.20 Å². The number of imidazole rings is 1. The lowest BCUT2D eigenvalue weighted by molar-refractivity contribution is -0.119. The molecule has 1 aliphatic heterocycles. The molecule has 0 aliphatic carbocycles. The molecule has 7 heteroatoms. The average Bonchev–Trinajstić information content (AvgIpc) is 3.15. The van der Waals surface area contributed by atoms with Gasteiger partial charge in [0.25, 0.3) is 0 Å². The molecular weight excluding hydrogens is 348 g/mol. The molecular formula is C19H26N4O2S. The molecule has 2 aromatic rings. The normalized spacial score (nSPS) is 15.8. The molecule has 0 saturated carbocycles. The summed E-state index contributed by atoms with van der Waals surface area (Å²) in [5.41, 5.74) is 0.966. The van der Waals surface area contributed by atoms with Crippen LogP contribution < -0.4 is 5.32 Å². The van der Waals surface area contributed by atoms with Gasteiger partial charge in [0.2, 0.25) is 5.91 Å². The second kappa shape index (κ2) is 8.70. The SMILES string of the molecule is CC(C)(CNC(=O)CSc1nccn1-c1ccccc1)N1CCOCC1. The van der Waals surface area contributed by atoms with Crippen molar-refractivity contribution >= 4 is 17.7 Å². The van der Waals surface area contributed by atoms with Gasteiger partial charge in [0.1, 0.15) is 0 Å². The van der Waals surface area contributed by atoms with Crippen LogP contribution in [0.4, 0.5) is 0 Å². The average molecular weight is 375 g/mol. The van der Waals surface area contributed by atoms with Crippen LogP contribution in [0.3, 0.4) is 0 Å². The van der Waals surface area contributed by atoms with Crippen molar-refractivity contribution < 1.29 is 9.53 Å². The van der Waals surface area contributed by atoms with Gasteiger partial charge < -0.3 is 10.1 Å². The Hall–Kier alpha value is -1.83. The minimum Gasteiger partial charge on any atom is -0.379 e. The minimum absolute atomic E-state index is 0.0268. The van der Waals surface area contributed by atoms with Crippen LogP contribution >= 0.6 is 11.8 Å². The standard InChI is InChI=1S/C19H26N4O2S/c1-19(2,22-10-12-25-13-11-22)15-21-17(24)14-26-18-20-8-9-23(18)16-6-4-3-5-7-16/h3-9H,10-15H2,1-2H3,(H,21,24). The maximum Gasteiger partial charge on any atom is 0.230 e. The Balaban J connectivity index is 1.50. The number of thioether (sulfide) groups is 1. The largest absolute Gasteiger partial charge is 0.379 e. The predicted octanol–water partition coefficient (Wildman–Crippen LogP) is 2.19. The molecule has 0 unspecified atom stereocenters. The summed E-state index contributed by atoms with van der Waals surface area (Å²) in [7, 11) is 0. The number of morpholine rings is 1. The van der Waals surface area contributed by atoms with Crippen LogP contribution in [0.1, 0.15) is 13.8 Å². The summed E-state index contributed by atoms with van der Waals surface area (Å²) in [6.07, 6.45) is 3.67. The lowest BCUT2D eigenvalue weighted by Gasteiger charge is -2.40. The molecule has 0 atom stereocenters. The molecule has 1 fully saturated rings. The molecule has 3 rings (SSSR count). The Morgan fingerprint density at radius 3 is 2.73 bits per heavy atom. The van der Waals surface area contributed by atoms with Crippen molar-refractivity contribution in [2.45, 2.75) is 24.5 Å². The van der Waals surface area contributed by atoms with Crippen LogP contribution in [0.25, 0.3) is 5.69 Å². The molecule has 26 heavy (non-hydrogen) atoms. The Morgan fingerprint density at radius 2 is 2.00 bits per heavy atom. The summed E-state index contributed by atoms with van der Waals surface area (Å²) >= 11 is 1.45. The van der Waals surface area contributed by atoms with Crippen molar-refractivity contribution in [3.8, 4) is 5.69 Å². The van der Waals surface area contributed by atoms with E-state index >= 15 is 0 Å². The smallest absolute Gasteiger partial charge is 0.230 e. The third-order valence-corrected chi connectivity index (χ3v) is 5.53. The van der Waals surface area contributed by atoms with Crippen molar-refractivity contribution in [1.29, 1.82) is 0 Å². The first-order valence-electron chi connectivity index (χ1n) is 8.87. The van der Waals surface area contributed by atoms with E-state index in [0.717, 1.165) is 37.1 Å². The lowest BCUT2D eigenvalue weighted by atomic mass is 10.0. The maximum atomic E-state index is 12.3. The van der Waals surface area contributed by atoms with Crippen LogP contribution in [-0.2, 0) is 9.53 Å². The van der Waals surface area contributed by atoms with Crippen molar-refractivity contribution in [2.75, 3.05) is 38.6 Å². The van der Waals surface area contributed by atoms with Gasteiger partial charge in [-0.25, -0.2) is 4.98 Å². The fraction of sp³-hybridized carbons (Fsp3) is 0.474. The van der Waals surface area contributed by atoms with Gasteiger partial charge >= 0.3 is 0 Å². The van der Waals surface area contributed by atoms with Gasteiger partial charge in [-0.2, -0.15) is 0 Å². The quantitative estimate of drug-likeness (QED) is 0.753. The number of para-hydroxylation sites is 1. The van der Waals surface area contributed by atoms with E-state index in [4.69, 9.17) is 4.74 Å². The molecule has 2 heterocycles. The van der Waals surface area contributed by atoms with Crippen molar-refractivity contribution in [2.24, 2.45) is 0 Å². The lowest BCUT2D eigenvalue weighted by Crippen LogP contribution is -2.55. The summed E-state index contributed by atoms with van der Waals surface area (Å²) in [6.45, 7) is 8.28. The Kier molecular flexibility index (Phi) is 6.34. The van der Waals surface area contributed by atoms with Gasteiger partial charge in [0, 0.05) is 43.3 Å². The number of carbonyl (C=O) groups excluding carboxylic acids is 1. The van der Waals surface area contributed by atoms with Gasteiger partial charge in [-0.1, -0.05) is 30.0 Å². The second-order valence-electron chi connectivity index (χ2n) is 6.89. The number of amides is 1. The van der Waals surface area contributed by atoms with E-state index < -0.39 is 0 Å². The van der Waals surface area contributed by atoms with Gasteiger partial charge in [-0.3, -0.25) is 14.3 Å². The maximum absolute atomic E-state index is 12.3. The van der Waals surface area contributed by atoms with E-state index in [1.807, 2.05) is 41.1 Å². The van der Waals surface area contributed by atoms with Gasteiger partial charge in [0.05, 0.1) is 19.0 Å². The fourth-order valence-corrected chi connectivity index (χ4v) is 3.76. The van der Waals surface area contributed by atoms with Gasteiger partial charge in [-0.15, -0.1) is 0 Å². The second-order valence-corrected chi connectivity index (χ2v) is 7.84. The summed E-state index contributed by atoms with van der Waals surface area (Å²) in [4.78, 5) is 19.0. The molecule has 1 saturated heterocycles. The Labute approximate surface area is 158 Å². The van der Waals surface area contributed by atoms with E-state index in [-0.39, 0.29) is 11.4 Å². The number of benzene rings is 1. The number of rotatable bonds is 7. The van der Waals surface area contributed by atoms with Crippen molar-refractivity contribution in [3.05, 3.63) is 42.7 Å². The number of hydrogen-bond acceptors (Lipinski definition) is 5. The van der Waals surface area contributed by atoms with E-state index in [9.17, 15) is 4.79 Å². The van der Waals surface area contributed by atoms with E-state index in [2.05, 4.69) is 29.0 Å². The minimum atomic E-state index is -0.0768. The summed E-state index contributed by atoms with van der Waals surface area (Å²) in [5, 5.41) is 3.88. The number of nitrogens with one attached hydrogen (secondary N) is 1. The van der Waals surface area contributed by atoms with Crippen molar-refractivity contribution in [3.63, 3.8) is 0 Å². The highest BCUT2D eigenvalue weighted by Crippen LogP contribution is 2.20. The highest BCUT2D eigenvalue weighted by Gasteiger charge is 2.28. The zero-order valence-electron chi connectivity index (χ0n) is 15.4. The highest BCUT2D eigenvalue weighted by atomic mass is 32.2. The summed E-state index contributed by atoms with van der Waals surface area (Å²) in [5.74, 6) is 0.377. The summed E-state index contributed by atoms with van der Waals surface area (Å²) < 4.78 is 7.40. The van der Waals surface area contributed by atoms with Crippen LogP contribution in [0.15, 0.2) is 47.9 Å². The number of carbonyl (C=O) groups is 1. The van der Waals surface area contributed by atoms with Crippen LogP contribution in [0, 0.1) is 0 Å². The first kappa shape index (κ1) is 18.9. The fourth-order valence-electron chi connectivity index (χ4n) is 2.96. The number of aromatic nitrogens is 2. The van der Waals surface area contributed by atoms with Gasteiger partial charge in [0.15, 0.2) is 5.16 Å². The molecule has 0 spiro atoms. The molecule has 1 amide bonds. The molecule has 0 radical (unpaired) electrons. The third-order valence-electron chi connectivity index (χ3n) is 4.56. The van der Waals surface area contributed by atoms with Gasteiger partial charge in [-0.05, 0) is 26.0 Å². The van der Waals surface area contributed by atoms with Crippen LogP contribution in [0.2, 0.25) is 0 Å². The zero-order chi connectivity index (χ0) is 18.4. The molecule has 1 aromatic carbocycles. The van der Waals surface area contributed by atoms with Crippen LogP contribution in [-0.4, -0.2) is 64.5 Å². The van der Waals surface area contributed by atoms with Crippen LogP contribution in [0.5, 0.6) is 0 Å². The molecule has 1 aromatic heterocycles. The molecule has 1 aliphatic rings. The number of hydrogen-bond donors (Lipinski definition) is 1. The van der Waals surface area contributed by atoms with E-state index in [0.29, 0.717) is 12.3 Å². The molecule has 1 N–H and O–H groups in total. The highest BCUT2D eigenvalue weighted by molar-refractivity contribution is 7.99. The summed E-state index contributed by atoms with van der Waals surface area (Å²) in [6, 6.07) is 10.0. The topological polar surface area (TPSA) is 59.4 Å².